The number of aromatic nitrogens is 1. The van der Waals surface area contributed by atoms with E-state index in [0.29, 0.717) is 17.0 Å². The number of nitriles is 1. The van der Waals surface area contributed by atoms with E-state index in [1.54, 1.807) is 31.2 Å². The summed E-state index contributed by atoms with van der Waals surface area (Å²) in [6.45, 7) is 2.63. The first kappa shape index (κ1) is 19.7. The zero-order chi connectivity index (χ0) is 20.0. The molecule has 0 bridgehead atoms. The van der Waals surface area contributed by atoms with Crippen molar-refractivity contribution < 1.29 is 19.4 Å². The summed E-state index contributed by atoms with van der Waals surface area (Å²) in [6, 6.07) is 9.85. The van der Waals surface area contributed by atoms with Crippen LogP contribution in [0.2, 0.25) is 0 Å². The minimum Gasteiger partial charge on any atom is -0.507 e. The van der Waals surface area contributed by atoms with Crippen molar-refractivity contribution in [3.63, 3.8) is 0 Å². The number of allylic oxidation sites excluding steroid dienone is 1. The van der Waals surface area contributed by atoms with Crippen molar-refractivity contribution in [2.75, 3.05) is 6.61 Å². The van der Waals surface area contributed by atoms with Crippen LogP contribution in [-0.4, -0.2) is 27.8 Å². The lowest BCUT2D eigenvalue weighted by molar-refractivity contribution is -0.117. The molecule has 138 valence electrons. The molecule has 0 atom stereocenters. The largest absolute Gasteiger partial charge is 0.507 e. The molecule has 0 aliphatic heterocycles. The Balaban J connectivity index is 2.33. The first-order chi connectivity index (χ1) is 12.8. The SMILES string of the molecule is CC(=O)Cn1c(C)cc(O)c(C(=O)/C=C/c2cccc(OCC#N)c2)c1=O. The molecule has 0 aliphatic rings. The summed E-state index contributed by atoms with van der Waals surface area (Å²) in [6.07, 6.45) is 2.63. The average molecular weight is 366 g/mol. The number of aryl methyl sites for hydroxylation is 1. The van der Waals surface area contributed by atoms with Gasteiger partial charge in [-0.3, -0.25) is 14.4 Å². The molecule has 1 heterocycles. The highest BCUT2D eigenvalue weighted by Gasteiger charge is 2.18. The molecule has 7 heteroatoms. The summed E-state index contributed by atoms with van der Waals surface area (Å²) in [5.74, 6) is -0.890. The Labute approximate surface area is 155 Å². The van der Waals surface area contributed by atoms with E-state index in [2.05, 4.69) is 0 Å². The van der Waals surface area contributed by atoms with Crippen LogP contribution in [-0.2, 0) is 11.3 Å². The Hall–Kier alpha value is -3.66. The number of carbonyl (C=O) groups excluding carboxylic acids is 2. The normalized spacial score (nSPS) is 10.6. The van der Waals surface area contributed by atoms with Crippen molar-refractivity contribution in [1.82, 2.24) is 4.57 Å². The lowest BCUT2D eigenvalue weighted by atomic mass is 10.1. The number of Topliss-reactive ketones (excluding diaryl/α,β-unsaturated/α-hetero) is 1. The number of pyridine rings is 1. The molecule has 2 aromatic rings. The van der Waals surface area contributed by atoms with Gasteiger partial charge in [0.2, 0.25) is 0 Å². The predicted molar refractivity (Wildman–Crippen MR) is 98.7 cm³/mol. The second-order valence-corrected chi connectivity index (χ2v) is 5.86. The number of hydrogen-bond donors (Lipinski definition) is 1. The molecule has 1 aromatic carbocycles. The molecule has 7 nitrogen and oxygen atoms in total. The van der Waals surface area contributed by atoms with Gasteiger partial charge in [-0.05, 0) is 37.6 Å². The van der Waals surface area contributed by atoms with Gasteiger partial charge in [0.1, 0.15) is 28.9 Å². The third kappa shape index (κ3) is 4.92. The molecule has 0 fully saturated rings. The summed E-state index contributed by atoms with van der Waals surface area (Å²) in [4.78, 5) is 36.3. The molecule has 0 saturated carbocycles. The first-order valence-electron chi connectivity index (χ1n) is 8.08. The average Bonchev–Trinajstić information content (AvgIpc) is 2.61. The fourth-order valence-corrected chi connectivity index (χ4v) is 2.48. The van der Waals surface area contributed by atoms with Gasteiger partial charge in [0.05, 0.1) is 6.54 Å². The molecule has 1 N–H and O–H groups in total. The Bertz CT molecular complexity index is 1010. The molecular weight excluding hydrogens is 348 g/mol. The Kier molecular flexibility index (Phi) is 6.28. The van der Waals surface area contributed by atoms with Crippen LogP contribution < -0.4 is 10.3 Å². The summed E-state index contributed by atoms with van der Waals surface area (Å²) < 4.78 is 6.34. The predicted octanol–water partition coefficient (Wildman–Crippen LogP) is 2.25. The Morgan fingerprint density at radius 1 is 1.33 bits per heavy atom. The van der Waals surface area contributed by atoms with E-state index in [1.165, 1.54) is 19.1 Å². The summed E-state index contributed by atoms with van der Waals surface area (Å²) in [7, 11) is 0. The second-order valence-electron chi connectivity index (χ2n) is 5.86. The van der Waals surface area contributed by atoms with Gasteiger partial charge in [-0.1, -0.05) is 18.2 Å². The molecule has 0 aliphatic carbocycles. The van der Waals surface area contributed by atoms with Gasteiger partial charge in [-0.15, -0.1) is 0 Å². The van der Waals surface area contributed by atoms with E-state index in [9.17, 15) is 19.5 Å². The molecule has 0 spiro atoms. The summed E-state index contributed by atoms with van der Waals surface area (Å²) >= 11 is 0. The van der Waals surface area contributed by atoms with Crippen LogP contribution in [0.4, 0.5) is 0 Å². The molecule has 0 radical (unpaired) electrons. The van der Waals surface area contributed by atoms with Crippen LogP contribution in [0, 0.1) is 18.3 Å². The number of carbonyl (C=O) groups is 2. The van der Waals surface area contributed by atoms with Gasteiger partial charge in [0.15, 0.2) is 12.4 Å². The zero-order valence-electron chi connectivity index (χ0n) is 14.9. The smallest absolute Gasteiger partial charge is 0.266 e. The number of ether oxygens (including phenoxy) is 1. The topological polar surface area (TPSA) is 109 Å². The number of nitrogens with zero attached hydrogens (tertiary/aromatic N) is 2. The van der Waals surface area contributed by atoms with E-state index in [4.69, 9.17) is 10.00 Å². The van der Waals surface area contributed by atoms with E-state index >= 15 is 0 Å². The van der Waals surface area contributed by atoms with Crippen LogP contribution in [0.5, 0.6) is 11.5 Å². The highest BCUT2D eigenvalue weighted by atomic mass is 16.5. The number of benzene rings is 1. The lowest BCUT2D eigenvalue weighted by Crippen LogP contribution is -2.29. The summed E-state index contributed by atoms with van der Waals surface area (Å²) in [5.41, 5.74) is -0.108. The quantitative estimate of drug-likeness (QED) is 0.594. The summed E-state index contributed by atoms with van der Waals surface area (Å²) in [5, 5.41) is 18.6. The van der Waals surface area contributed by atoms with Crippen LogP contribution in [0.15, 0.2) is 41.2 Å². The van der Waals surface area contributed by atoms with Crippen molar-refractivity contribution in [2.24, 2.45) is 0 Å². The monoisotopic (exact) mass is 366 g/mol. The molecule has 2 rings (SSSR count). The van der Waals surface area contributed by atoms with Gasteiger partial charge in [-0.2, -0.15) is 5.26 Å². The Morgan fingerprint density at radius 2 is 2.07 bits per heavy atom. The third-order valence-corrected chi connectivity index (χ3v) is 3.70. The molecule has 0 unspecified atom stereocenters. The maximum Gasteiger partial charge on any atom is 0.266 e. The van der Waals surface area contributed by atoms with E-state index in [1.807, 2.05) is 6.07 Å². The van der Waals surface area contributed by atoms with Crippen molar-refractivity contribution in [1.29, 1.82) is 5.26 Å². The minimum absolute atomic E-state index is 0.0982. The van der Waals surface area contributed by atoms with Crippen LogP contribution in [0.1, 0.15) is 28.5 Å². The number of rotatable bonds is 7. The van der Waals surface area contributed by atoms with E-state index < -0.39 is 22.7 Å². The number of ketones is 2. The van der Waals surface area contributed by atoms with Gasteiger partial charge < -0.3 is 14.4 Å². The first-order valence-corrected chi connectivity index (χ1v) is 8.08. The van der Waals surface area contributed by atoms with Crippen molar-refractivity contribution in [2.45, 2.75) is 20.4 Å². The van der Waals surface area contributed by atoms with Gasteiger partial charge >= 0.3 is 0 Å². The highest BCUT2D eigenvalue weighted by molar-refractivity contribution is 6.08. The fraction of sp³-hybridized carbons (Fsp3) is 0.200. The number of aromatic hydroxyl groups is 1. The van der Waals surface area contributed by atoms with E-state index in [0.717, 1.165) is 10.6 Å². The lowest BCUT2D eigenvalue weighted by Gasteiger charge is -2.11. The molecule has 0 saturated heterocycles. The third-order valence-electron chi connectivity index (χ3n) is 3.70. The molecule has 0 amide bonds. The maximum absolute atomic E-state index is 12.5. The van der Waals surface area contributed by atoms with Gasteiger partial charge in [0, 0.05) is 11.8 Å². The second kappa shape index (κ2) is 8.63. The highest BCUT2D eigenvalue weighted by Crippen LogP contribution is 2.18. The Morgan fingerprint density at radius 3 is 2.74 bits per heavy atom. The molecular formula is C20H18N2O5. The van der Waals surface area contributed by atoms with Crippen molar-refractivity contribution in [3.05, 3.63) is 63.6 Å². The standard InChI is InChI=1S/C20H18N2O5/c1-13-10-18(25)19(20(26)22(13)12-14(2)23)17(24)7-6-15-4-3-5-16(11-15)27-9-8-21/h3-7,10-11,25H,9,12H2,1-2H3/b7-6+. The van der Waals surface area contributed by atoms with Gasteiger partial charge in [-0.25, -0.2) is 0 Å². The van der Waals surface area contributed by atoms with Crippen molar-refractivity contribution in [3.8, 4) is 17.6 Å². The molecule has 27 heavy (non-hydrogen) atoms. The van der Waals surface area contributed by atoms with Crippen LogP contribution >= 0.6 is 0 Å². The van der Waals surface area contributed by atoms with Crippen LogP contribution in [0.25, 0.3) is 6.08 Å². The maximum atomic E-state index is 12.5. The minimum atomic E-state index is -0.719. The molecule has 1 aromatic heterocycles. The van der Waals surface area contributed by atoms with Crippen molar-refractivity contribution >= 4 is 17.6 Å². The zero-order valence-corrected chi connectivity index (χ0v) is 14.9. The number of hydrogen-bond acceptors (Lipinski definition) is 6. The fourth-order valence-electron chi connectivity index (χ4n) is 2.48. The van der Waals surface area contributed by atoms with Gasteiger partial charge in [0.25, 0.3) is 5.56 Å². The van der Waals surface area contributed by atoms with Crippen LogP contribution in [0.3, 0.4) is 0 Å². The van der Waals surface area contributed by atoms with E-state index in [-0.39, 0.29) is 18.9 Å².